The molecule has 0 aliphatic rings. The SMILES string of the molecule is CCC(C)C(=O)NS(=O)(=O)c1ccc(CNC(C)=O)cc1. The second kappa shape index (κ2) is 7.21. The molecule has 1 aromatic carbocycles. The zero-order valence-electron chi connectivity index (χ0n) is 12.3. The Morgan fingerprint density at radius 2 is 1.76 bits per heavy atom. The highest BCUT2D eigenvalue weighted by atomic mass is 32.2. The number of rotatable bonds is 6. The number of sulfonamides is 1. The highest BCUT2D eigenvalue weighted by Crippen LogP contribution is 2.12. The summed E-state index contributed by atoms with van der Waals surface area (Å²) in [6.45, 7) is 5.22. The first kappa shape index (κ1) is 17.2. The molecule has 21 heavy (non-hydrogen) atoms. The van der Waals surface area contributed by atoms with Crippen LogP contribution in [0.5, 0.6) is 0 Å². The molecule has 0 saturated heterocycles. The van der Waals surface area contributed by atoms with Gasteiger partial charge >= 0.3 is 0 Å². The van der Waals surface area contributed by atoms with Gasteiger partial charge in [-0.25, -0.2) is 13.1 Å². The molecule has 116 valence electrons. The van der Waals surface area contributed by atoms with Gasteiger partial charge in [-0.3, -0.25) is 9.59 Å². The average Bonchev–Trinajstić information content (AvgIpc) is 2.44. The fourth-order valence-corrected chi connectivity index (χ4v) is 2.57. The first-order valence-electron chi connectivity index (χ1n) is 6.66. The van der Waals surface area contributed by atoms with Gasteiger partial charge in [0.1, 0.15) is 0 Å². The van der Waals surface area contributed by atoms with Gasteiger partial charge < -0.3 is 5.32 Å². The quantitative estimate of drug-likeness (QED) is 0.825. The molecule has 7 heteroatoms. The van der Waals surface area contributed by atoms with Crippen molar-refractivity contribution in [2.45, 2.75) is 38.6 Å². The van der Waals surface area contributed by atoms with Crippen LogP contribution in [-0.4, -0.2) is 20.2 Å². The lowest BCUT2D eigenvalue weighted by molar-refractivity contribution is -0.122. The van der Waals surface area contributed by atoms with E-state index in [0.29, 0.717) is 13.0 Å². The summed E-state index contributed by atoms with van der Waals surface area (Å²) >= 11 is 0. The minimum atomic E-state index is -3.85. The van der Waals surface area contributed by atoms with Gasteiger partial charge in [0.2, 0.25) is 11.8 Å². The van der Waals surface area contributed by atoms with Gasteiger partial charge in [0.25, 0.3) is 10.0 Å². The Bertz CT molecular complexity index is 608. The van der Waals surface area contributed by atoms with Crippen LogP contribution in [0.15, 0.2) is 29.2 Å². The number of hydrogen-bond acceptors (Lipinski definition) is 4. The molecule has 0 aliphatic heterocycles. The van der Waals surface area contributed by atoms with Crippen LogP contribution in [0.2, 0.25) is 0 Å². The Hall–Kier alpha value is -1.89. The Balaban J connectivity index is 2.80. The normalized spacial score (nSPS) is 12.5. The molecule has 2 amide bonds. The molecule has 0 spiro atoms. The molecule has 6 nitrogen and oxygen atoms in total. The van der Waals surface area contributed by atoms with Crippen LogP contribution in [0.3, 0.4) is 0 Å². The zero-order chi connectivity index (χ0) is 16.0. The second-order valence-corrected chi connectivity index (χ2v) is 6.52. The van der Waals surface area contributed by atoms with Gasteiger partial charge in [-0.2, -0.15) is 0 Å². The number of carbonyl (C=O) groups excluding carboxylic acids is 2. The van der Waals surface area contributed by atoms with Crippen molar-refractivity contribution in [3.05, 3.63) is 29.8 Å². The average molecular weight is 312 g/mol. The van der Waals surface area contributed by atoms with Crippen LogP contribution < -0.4 is 10.0 Å². The third kappa shape index (κ3) is 5.18. The van der Waals surface area contributed by atoms with Crippen molar-refractivity contribution in [3.63, 3.8) is 0 Å². The van der Waals surface area contributed by atoms with Crippen LogP contribution in [0, 0.1) is 5.92 Å². The number of amides is 2. The largest absolute Gasteiger partial charge is 0.352 e. The van der Waals surface area contributed by atoms with Crippen molar-refractivity contribution in [1.29, 1.82) is 0 Å². The minimum absolute atomic E-state index is 0.0192. The summed E-state index contributed by atoms with van der Waals surface area (Å²) < 4.78 is 26.1. The van der Waals surface area contributed by atoms with Crippen LogP contribution in [0.4, 0.5) is 0 Å². The molecule has 0 radical (unpaired) electrons. The Kier molecular flexibility index (Phi) is 5.90. The maximum atomic E-state index is 12.0. The molecule has 0 aromatic heterocycles. The maximum absolute atomic E-state index is 12.0. The van der Waals surface area contributed by atoms with E-state index in [4.69, 9.17) is 0 Å². The first-order valence-corrected chi connectivity index (χ1v) is 8.14. The van der Waals surface area contributed by atoms with Crippen molar-refractivity contribution in [1.82, 2.24) is 10.0 Å². The van der Waals surface area contributed by atoms with Gasteiger partial charge in [-0.05, 0) is 24.1 Å². The van der Waals surface area contributed by atoms with Crippen LogP contribution in [-0.2, 0) is 26.2 Å². The molecule has 0 saturated carbocycles. The molecule has 0 aliphatic carbocycles. The van der Waals surface area contributed by atoms with Crippen molar-refractivity contribution >= 4 is 21.8 Å². The summed E-state index contributed by atoms with van der Waals surface area (Å²) in [7, 11) is -3.85. The molecule has 1 unspecified atom stereocenters. The molecular formula is C14H20N2O4S. The Morgan fingerprint density at radius 1 is 1.19 bits per heavy atom. The fraction of sp³-hybridized carbons (Fsp3) is 0.429. The van der Waals surface area contributed by atoms with E-state index in [1.54, 1.807) is 19.1 Å². The smallest absolute Gasteiger partial charge is 0.264 e. The predicted molar refractivity (Wildman–Crippen MR) is 78.7 cm³/mol. The summed E-state index contributed by atoms with van der Waals surface area (Å²) in [5, 5.41) is 2.62. The lowest BCUT2D eigenvalue weighted by Gasteiger charge is -2.11. The predicted octanol–water partition coefficient (Wildman–Crippen LogP) is 1.17. The highest BCUT2D eigenvalue weighted by molar-refractivity contribution is 7.90. The molecular weight excluding hydrogens is 292 g/mol. The van der Waals surface area contributed by atoms with Crippen LogP contribution >= 0.6 is 0 Å². The molecule has 0 fully saturated rings. The van der Waals surface area contributed by atoms with E-state index < -0.39 is 15.9 Å². The minimum Gasteiger partial charge on any atom is -0.352 e. The van der Waals surface area contributed by atoms with E-state index in [0.717, 1.165) is 5.56 Å². The molecule has 0 bridgehead atoms. The lowest BCUT2D eigenvalue weighted by Crippen LogP contribution is -2.34. The summed E-state index contributed by atoms with van der Waals surface area (Å²) in [6.07, 6.45) is 0.566. The molecule has 1 aromatic rings. The maximum Gasteiger partial charge on any atom is 0.264 e. The van der Waals surface area contributed by atoms with E-state index in [-0.39, 0.29) is 16.7 Å². The zero-order valence-corrected chi connectivity index (χ0v) is 13.2. The Labute approximate surface area is 125 Å². The van der Waals surface area contributed by atoms with E-state index in [2.05, 4.69) is 10.0 Å². The third-order valence-electron chi connectivity index (χ3n) is 3.07. The summed E-state index contributed by atoms with van der Waals surface area (Å²) in [4.78, 5) is 22.5. The molecule has 1 atom stereocenters. The van der Waals surface area contributed by atoms with Gasteiger partial charge in [0.15, 0.2) is 0 Å². The number of nitrogens with one attached hydrogen (secondary N) is 2. The third-order valence-corrected chi connectivity index (χ3v) is 4.43. The van der Waals surface area contributed by atoms with Gasteiger partial charge in [-0.15, -0.1) is 0 Å². The topological polar surface area (TPSA) is 92.3 Å². The van der Waals surface area contributed by atoms with Gasteiger partial charge in [0.05, 0.1) is 4.90 Å². The van der Waals surface area contributed by atoms with Crippen LogP contribution in [0.1, 0.15) is 32.8 Å². The highest BCUT2D eigenvalue weighted by Gasteiger charge is 2.20. The number of benzene rings is 1. The van der Waals surface area contributed by atoms with Crippen molar-refractivity contribution in [3.8, 4) is 0 Å². The Morgan fingerprint density at radius 3 is 2.24 bits per heavy atom. The molecule has 1 rings (SSSR count). The lowest BCUT2D eigenvalue weighted by atomic mass is 10.1. The van der Waals surface area contributed by atoms with Crippen molar-refractivity contribution < 1.29 is 18.0 Å². The molecule has 0 heterocycles. The van der Waals surface area contributed by atoms with E-state index in [9.17, 15) is 18.0 Å². The van der Waals surface area contributed by atoms with E-state index in [1.807, 2.05) is 6.92 Å². The monoisotopic (exact) mass is 312 g/mol. The van der Waals surface area contributed by atoms with Gasteiger partial charge in [-0.1, -0.05) is 26.0 Å². The second-order valence-electron chi connectivity index (χ2n) is 4.83. The first-order chi connectivity index (χ1) is 9.76. The fourth-order valence-electron chi connectivity index (χ4n) is 1.49. The van der Waals surface area contributed by atoms with Crippen LogP contribution in [0.25, 0.3) is 0 Å². The van der Waals surface area contributed by atoms with Crippen molar-refractivity contribution in [2.24, 2.45) is 5.92 Å². The summed E-state index contributed by atoms with van der Waals surface area (Å²) in [5.41, 5.74) is 0.775. The van der Waals surface area contributed by atoms with E-state index in [1.165, 1.54) is 19.1 Å². The molecule has 2 N–H and O–H groups in total. The van der Waals surface area contributed by atoms with Crippen molar-refractivity contribution in [2.75, 3.05) is 0 Å². The number of carbonyl (C=O) groups is 2. The standard InChI is InChI=1S/C14H20N2O4S/c1-4-10(2)14(18)16-21(19,20)13-7-5-12(6-8-13)9-15-11(3)17/h5-8,10H,4,9H2,1-3H3,(H,15,17)(H,16,18). The number of hydrogen-bond donors (Lipinski definition) is 2. The summed E-state index contributed by atoms with van der Waals surface area (Å²) in [5.74, 6) is -1.04. The summed E-state index contributed by atoms with van der Waals surface area (Å²) in [6, 6.07) is 6.00. The van der Waals surface area contributed by atoms with Gasteiger partial charge in [0, 0.05) is 19.4 Å². The van der Waals surface area contributed by atoms with E-state index >= 15 is 0 Å².